The van der Waals surface area contributed by atoms with Gasteiger partial charge in [0.2, 0.25) is 5.91 Å². The van der Waals surface area contributed by atoms with E-state index in [4.69, 9.17) is 9.47 Å². The summed E-state index contributed by atoms with van der Waals surface area (Å²) in [6.07, 6.45) is 1.82. The van der Waals surface area contributed by atoms with E-state index in [-0.39, 0.29) is 17.9 Å². The third kappa shape index (κ3) is 3.56. The zero-order chi connectivity index (χ0) is 17.8. The first-order chi connectivity index (χ1) is 12.2. The van der Waals surface area contributed by atoms with Crippen LogP contribution in [0.1, 0.15) is 23.2 Å². The largest absolute Gasteiger partial charge is 0.493 e. The maximum Gasteiger partial charge on any atom is 0.257 e. The fraction of sp³-hybridized carbons (Fsp3) is 0.556. The fourth-order valence-electron chi connectivity index (χ4n) is 3.63. The van der Waals surface area contributed by atoms with E-state index in [0.29, 0.717) is 43.2 Å². The number of para-hydroxylation sites is 1. The molecule has 2 fully saturated rings. The van der Waals surface area contributed by atoms with Gasteiger partial charge >= 0.3 is 0 Å². The van der Waals surface area contributed by atoms with Crippen molar-refractivity contribution >= 4 is 11.8 Å². The first-order valence-corrected chi connectivity index (χ1v) is 8.66. The van der Waals surface area contributed by atoms with Crippen LogP contribution in [0.5, 0.6) is 11.5 Å². The number of hydrogen-bond acceptors (Lipinski definition) is 5. The first-order valence-electron chi connectivity index (χ1n) is 8.66. The molecule has 3 rings (SSSR count). The van der Waals surface area contributed by atoms with Crippen LogP contribution in [0.2, 0.25) is 0 Å². The normalized spacial score (nSPS) is 21.2. The second kappa shape index (κ2) is 7.74. The number of hydrogen-bond donors (Lipinski definition) is 1. The van der Waals surface area contributed by atoms with E-state index < -0.39 is 0 Å². The number of likely N-dealkylation sites (tertiary alicyclic amines) is 1. The predicted molar refractivity (Wildman–Crippen MR) is 93.1 cm³/mol. The summed E-state index contributed by atoms with van der Waals surface area (Å²) in [6.45, 7) is 3.14. The van der Waals surface area contributed by atoms with Gasteiger partial charge in [-0.3, -0.25) is 9.59 Å². The molecule has 1 N–H and O–H groups in total. The topological polar surface area (TPSA) is 71.1 Å². The number of carbonyl (C=O) groups excluding carboxylic acids is 2. The smallest absolute Gasteiger partial charge is 0.257 e. The van der Waals surface area contributed by atoms with Gasteiger partial charge in [-0.15, -0.1) is 0 Å². The summed E-state index contributed by atoms with van der Waals surface area (Å²) < 4.78 is 10.7. The lowest BCUT2D eigenvalue weighted by Crippen LogP contribution is -2.57. The molecular formula is C18H25N3O4. The molecule has 2 saturated heterocycles. The van der Waals surface area contributed by atoms with E-state index >= 15 is 0 Å². The van der Waals surface area contributed by atoms with E-state index in [1.54, 1.807) is 25.3 Å². The van der Waals surface area contributed by atoms with E-state index in [1.165, 1.54) is 7.11 Å². The minimum atomic E-state index is -0.0805. The number of piperidine rings is 1. The Balaban J connectivity index is 1.77. The van der Waals surface area contributed by atoms with Crippen LogP contribution in [0, 0.1) is 0 Å². The Bertz CT molecular complexity index is 649. The Morgan fingerprint density at radius 2 is 2.08 bits per heavy atom. The van der Waals surface area contributed by atoms with Gasteiger partial charge < -0.3 is 24.6 Å². The fourth-order valence-corrected chi connectivity index (χ4v) is 3.63. The molecule has 25 heavy (non-hydrogen) atoms. The molecule has 0 aliphatic carbocycles. The third-order valence-electron chi connectivity index (χ3n) is 4.88. The zero-order valence-electron chi connectivity index (χ0n) is 14.8. The molecule has 0 radical (unpaired) electrons. The zero-order valence-corrected chi connectivity index (χ0v) is 14.8. The number of rotatable bonds is 4. The van der Waals surface area contributed by atoms with Crippen molar-refractivity contribution in [3.63, 3.8) is 0 Å². The molecule has 0 spiro atoms. The van der Waals surface area contributed by atoms with Crippen molar-refractivity contribution < 1.29 is 19.1 Å². The average molecular weight is 347 g/mol. The van der Waals surface area contributed by atoms with E-state index in [1.807, 2.05) is 9.80 Å². The van der Waals surface area contributed by atoms with Crippen molar-refractivity contribution in [1.29, 1.82) is 0 Å². The molecule has 2 aliphatic heterocycles. The van der Waals surface area contributed by atoms with E-state index in [0.717, 1.165) is 19.4 Å². The van der Waals surface area contributed by atoms with Gasteiger partial charge in [0.15, 0.2) is 11.5 Å². The highest BCUT2D eigenvalue weighted by atomic mass is 16.5. The highest BCUT2D eigenvalue weighted by molar-refractivity contribution is 5.98. The van der Waals surface area contributed by atoms with E-state index in [9.17, 15) is 9.59 Å². The Morgan fingerprint density at radius 1 is 1.24 bits per heavy atom. The molecule has 2 amide bonds. The molecular weight excluding hydrogens is 322 g/mol. The van der Waals surface area contributed by atoms with Gasteiger partial charge in [-0.05, 0) is 25.0 Å². The van der Waals surface area contributed by atoms with Crippen LogP contribution >= 0.6 is 0 Å². The molecule has 0 aromatic heterocycles. The summed E-state index contributed by atoms with van der Waals surface area (Å²) in [4.78, 5) is 28.9. The average Bonchev–Trinajstić information content (AvgIpc) is 2.67. The summed E-state index contributed by atoms with van der Waals surface area (Å²) in [5.74, 6) is 1.03. The number of carbonyl (C=O) groups is 2. The molecule has 0 bridgehead atoms. The second-order valence-corrected chi connectivity index (χ2v) is 6.35. The minimum Gasteiger partial charge on any atom is -0.493 e. The van der Waals surface area contributed by atoms with Crippen molar-refractivity contribution in [3.8, 4) is 11.5 Å². The Kier molecular flexibility index (Phi) is 5.43. The maximum absolute atomic E-state index is 13.0. The number of amides is 2. The molecule has 1 aromatic carbocycles. The van der Waals surface area contributed by atoms with Crippen LogP contribution in [0.3, 0.4) is 0 Å². The first kappa shape index (κ1) is 17.5. The third-order valence-corrected chi connectivity index (χ3v) is 4.88. The van der Waals surface area contributed by atoms with Gasteiger partial charge in [-0.2, -0.15) is 0 Å². The SMILES string of the molecule is COc1cccc(C(=O)N2CCCC(N3CCNCC3=O)C2)c1OC. The van der Waals surface area contributed by atoms with Gasteiger partial charge in [-0.25, -0.2) is 0 Å². The minimum absolute atomic E-state index is 0.0805. The molecule has 1 unspecified atom stereocenters. The number of ether oxygens (including phenoxy) is 2. The van der Waals surface area contributed by atoms with Crippen molar-refractivity contribution in [2.24, 2.45) is 0 Å². The molecule has 1 aromatic rings. The summed E-state index contributed by atoms with van der Waals surface area (Å²) in [5.41, 5.74) is 0.495. The number of piperazine rings is 1. The van der Waals surface area contributed by atoms with Crippen molar-refractivity contribution in [2.75, 3.05) is 46.9 Å². The van der Waals surface area contributed by atoms with Crippen LogP contribution in [0.15, 0.2) is 18.2 Å². The number of benzene rings is 1. The number of nitrogens with zero attached hydrogens (tertiary/aromatic N) is 2. The highest BCUT2D eigenvalue weighted by Crippen LogP contribution is 2.32. The summed E-state index contributed by atoms with van der Waals surface area (Å²) >= 11 is 0. The van der Waals surface area contributed by atoms with Gasteiger partial charge in [0.25, 0.3) is 5.91 Å². The van der Waals surface area contributed by atoms with Crippen molar-refractivity contribution in [2.45, 2.75) is 18.9 Å². The number of methoxy groups -OCH3 is 2. The van der Waals surface area contributed by atoms with Crippen molar-refractivity contribution in [1.82, 2.24) is 15.1 Å². The van der Waals surface area contributed by atoms with Gasteiger partial charge in [0, 0.05) is 32.2 Å². The van der Waals surface area contributed by atoms with Crippen LogP contribution < -0.4 is 14.8 Å². The molecule has 7 nitrogen and oxygen atoms in total. The highest BCUT2D eigenvalue weighted by Gasteiger charge is 2.32. The van der Waals surface area contributed by atoms with Crippen LogP contribution in [-0.2, 0) is 4.79 Å². The monoisotopic (exact) mass is 347 g/mol. The summed E-state index contributed by atoms with van der Waals surface area (Å²) in [7, 11) is 3.09. The van der Waals surface area contributed by atoms with Crippen molar-refractivity contribution in [3.05, 3.63) is 23.8 Å². The summed E-state index contributed by atoms with van der Waals surface area (Å²) in [5, 5.41) is 3.09. The molecule has 2 heterocycles. The van der Waals surface area contributed by atoms with Gasteiger partial charge in [-0.1, -0.05) is 6.07 Å². The predicted octanol–water partition coefficient (Wildman–Crippen LogP) is 0.740. The van der Waals surface area contributed by atoms with Gasteiger partial charge in [0.05, 0.1) is 26.3 Å². The molecule has 1 atom stereocenters. The van der Waals surface area contributed by atoms with Crippen LogP contribution in [0.4, 0.5) is 0 Å². The summed E-state index contributed by atoms with van der Waals surface area (Å²) in [6, 6.07) is 5.40. The maximum atomic E-state index is 13.0. The molecule has 7 heteroatoms. The Labute approximate surface area is 147 Å². The van der Waals surface area contributed by atoms with Crippen LogP contribution in [-0.4, -0.2) is 74.6 Å². The standard InChI is InChI=1S/C18H25N3O4/c1-24-15-7-3-6-14(17(15)25-2)18(23)20-9-4-5-13(12-20)21-10-8-19-11-16(21)22/h3,6-7,13,19H,4-5,8-12H2,1-2H3. The number of nitrogens with one attached hydrogen (secondary N) is 1. The lowest BCUT2D eigenvalue weighted by molar-refractivity contribution is -0.135. The Morgan fingerprint density at radius 3 is 2.80 bits per heavy atom. The van der Waals surface area contributed by atoms with Gasteiger partial charge in [0.1, 0.15) is 0 Å². The van der Waals surface area contributed by atoms with Crippen LogP contribution in [0.25, 0.3) is 0 Å². The lowest BCUT2D eigenvalue weighted by atomic mass is 10.0. The lowest BCUT2D eigenvalue weighted by Gasteiger charge is -2.41. The molecule has 136 valence electrons. The molecule has 2 aliphatic rings. The quantitative estimate of drug-likeness (QED) is 0.870. The van der Waals surface area contributed by atoms with E-state index in [2.05, 4.69) is 5.32 Å². The molecule has 0 saturated carbocycles. The second-order valence-electron chi connectivity index (χ2n) is 6.35. The Hall–Kier alpha value is -2.28.